The van der Waals surface area contributed by atoms with Crippen molar-refractivity contribution in [2.45, 2.75) is 6.92 Å². The van der Waals surface area contributed by atoms with Crippen LogP contribution >= 0.6 is 0 Å². The van der Waals surface area contributed by atoms with E-state index >= 15 is 0 Å². The number of carbonyl (C=O) groups is 1. The molecular weight excluding hydrogens is 312 g/mol. The zero-order chi connectivity index (χ0) is 17.6. The lowest BCUT2D eigenvalue weighted by Crippen LogP contribution is -2.01. The molecule has 3 heteroatoms. The van der Waals surface area contributed by atoms with Crippen LogP contribution in [0, 0.1) is 0 Å². The maximum absolute atomic E-state index is 12.5. The Morgan fingerprint density at radius 2 is 1.76 bits per heavy atom. The fourth-order valence-corrected chi connectivity index (χ4v) is 2.69. The molecule has 0 aromatic heterocycles. The number of hydrogen-bond acceptors (Lipinski definition) is 3. The van der Waals surface area contributed by atoms with Crippen LogP contribution in [-0.4, -0.2) is 19.5 Å². The lowest BCUT2D eigenvalue weighted by molar-refractivity contribution is 0.104. The van der Waals surface area contributed by atoms with Gasteiger partial charge in [-0.2, -0.15) is 0 Å². The normalized spacial score (nSPS) is 11.0. The van der Waals surface area contributed by atoms with Gasteiger partial charge >= 0.3 is 0 Å². The lowest BCUT2D eigenvalue weighted by Gasteiger charge is -2.07. The molecule has 0 bridgehead atoms. The molecule has 3 nitrogen and oxygen atoms in total. The van der Waals surface area contributed by atoms with Crippen molar-refractivity contribution in [2.24, 2.45) is 0 Å². The van der Waals surface area contributed by atoms with E-state index in [1.54, 1.807) is 19.3 Å². The Morgan fingerprint density at radius 1 is 1.00 bits per heavy atom. The highest BCUT2D eigenvalue weighted by atomic mass is 16.5. The standard InChI is InChI=1S/C22H20O3/c1-3-25-22-7-5-4-6-20(22)21(23)13-9-16-8-10-18-15-19(24-2)12-11-17(18)14-16/h4-15H,3H2,1-2H3. The minimum absolute atomic E-state index is 0.0705. The molecule has 0 aliphatic carbocycles. The summed E-state index contributed by atoms with van der Waals surface area (Å²) in [6.45, 7) is 2.43. The Hall–Kier alpha value is -3.07. The topological polar surface area (TPSA) is 35.5 Å². The Morgan fingerprint density at radius 3 is 2.56 bits per heavy atom. The van der Waals surface area contributed by atoms with Crippen LogP contribution in [0.1, 0.15) is 22.8 Å². The van der Waals surface area contributed by atoms with Crippen molar-refractivity contribution in [1.29, 1.82) is 0 Å². The van der Waals surface area contributed by atoms with E-state index in [1.807, 2.05) is 67.6 Å². The van der Waals surface area contributed by atoms with Crippen LogP contribution in [0.25, 0.3) is 16.8 Å². The fraction of sp³-hybridized carbons (Fsp3) is 0.136. The molecule has 126 valence electrons. The minimum Gasteiger partial charge on any atom is -0.497 e. The van der Waals surface area contributed by atoms with Crippen molar-refractivity contribution in [1.82, 2.24) is 0 Å². The molecule has 0 radical (unpaired) electrons. The van der Waals surface area contributed by atoms with Crippen molar-refractivity contribution in [3.05, 3.63) is 77.9 Å². The second-order valence-corrected chi connectivity index (χ2v) is 5.60. The van der Waals surface area contributed by atoms with Gasteiger partial charge in [-0.05, 0) is 59.7 Å². The van der Waals surface area contributed by atoms with Crippen LogP contribution in [-0.2, 0) is 0 Å². The van der Waals surface area contributed by atoms with Crippen molar-refractivity contribution < 1.29 is 14.3 Å². The van der Waals surface area contributed by atoms with E-state index in [0.717, 1.165) is 22.1 Å². The van der Waals surface area contributed by atoms with Gasteiger partial charge in [-0.1, -0.05) is 36.4 Å². The van der Waals surface area contributed by atoms with Gasteiger partial charge in [0.05, 0.1) is 19.3 Å². The molecule has 25 heavy (non-hydrogen) atoms. The predicted molar refractivity (Wildman–Crippen MR) is 101 cm³/mol. The van der Waals surface area contributed by atoms with Crippen LogP contribution in [0.2, 0.25) is 0 Å². The Balaban J connectivity index is 1.84. The smallest absolute Gasteiger partial charge is 0.189 e. The maximum Gasteiger partial charge on any atom is 0.189 e. The molecule has 0 N–H and O–H groups in total. The van der Waals surface area contributed by atoms with E-state index in [0.29, 0.717) is 17.9 Å². The largest absolute Gasteiger partial charge is 0.497 e. The molecule has 0 heterocycles. The van der Waals surface area contributed by atoms with Gasteiger partial charge in [-0.15, -0.1) is 0 Å². The lowest BCUT2D eigenvalue weighted by atomic mass is 10.0. The summed E-state index contributed by atoms with van der Waals surface area (Å²) in [7, 11) is 1.66. The Bertz CT molecular complexity index is 925. The first-order valence-corrected chi connectivity index (χ1v) is 8.23. The first-order valence-electron chi connectivity index (χ1n) is 8.23. The number of hydrogen-bond donors (Lipinski definition) is 0. The third-order valence-electron chi connectivity index (χ3n) is 3.95. The zero-order valence-corrected chi connectivity index (χ0v) is 14.4. The van der Waals surface area contributed by atoms with Gasteiger partial charge in [-0.25, -0.2) is 0 Å². The van der Waals surface area contributed by atoms with Crippen molar-refractivity contribution >= 4 is 22.6 Å². The summed E-state index contributed by atoms with van der Waals surface area (Å²) in [6.07, 6.45) is 3.41. The number of ether oxygens (including phenoxy) is 2. The number of methoxy groups -OCH3 is 1. The summed E-state index contributed by atoms with van der Waals surface area (Å²) in [5.74, 6) is 1.38. The van der Waals surface area contributed by atoms with E-state index < -0.39 is 0 Å². The maximum atomic E-state index is 12.5. The molecule has 0 aliphatic rings. The number of carbonyl (C=O) groups excluding carboxylic acids is 1. The number of ketones is 1. The molecule has 0 aliphatic heterocycles. The average molecular weight is 332 g/mol. The van der Waals surface area contributed by atoms with Gasteiger partial charge in [0, 0.05) is 0 Å². The summed E-state index contributed by atoms with van der Waals surface area (Å²) < 4.78 is 10.8. The third-order valence-corrected chi connectivity index (χ3v) is 3.95. The molecule has 0 spiro atoms. The second-order valence-electron chi connectivity index (χ2n) is 5.60. The first-order chi connectivity index (χ1) is 12.2. The molecule has 0 atom stereocenters. The van der Waals surface area contributed by atoms with E-state index in [4.69, 9.17) is 9.47 Å². The summed E-state index contributed by atoms with van der Waals surface area (Å²) in [4.78, 5) is 12.5. The highest BCUT2D eigenvalue weighted by Crippen LogP contribution is 2.23. The van der Waals surface area contributed by atoms with E-state index in [-0.39, 0.29) is 5.78 Å². The number of para-hydroxylation sites is 1. The Kier molecular flexibility index (Phi) is 5.14. The number of allylic oxidation sites excluding steroid dienone is 1. The van der Waals surface area contributed by atoms with Crippen molar-refractivity contribution in [3.8, 4) is 11.5 Å². The van der Waals surface area contributed by atoms with E-state index in [1.165, 1.54) is 0 Å². The molecule has 3 aromatic rings. The molecule has 0 fully saturated rings. The van der Waals surface area contributed by atoms with Gasteiger partial charge in [0.15, 0.2) is 5.78 Å². The number of rotatable bonds is 6. The highest BCUT2D eigenvalue weighted by molar-refractivity contribution is 6.08. The Labute approximate surface area is 147 Å². The SMILES string of the molecule is CCOc1ccccc1C(=O)C=Cc1ccc2cc(OC)ccc2c1. The molecule has 0 amide bonds. The fourth-order valence-electron chi connectivity index (χ4n) is 2.69. The molecule has 3 rings (SSSR count). The second kappa shape index (κ2) is 7.67. The first kappa shape index (κ1) is 16.8. The van der Waals surface area contributed by atoms with Crippen LogP contribution in [0.3, 0.4) is 0 Å². The predicted octanol–water partition coefficient (Wildman–Crippen LogP) is 5.14. The van der Waals surface area contributed by atoms with E-state index in [2.05, 4.69) is 0 Å². The van der Waals surface area contributed by atoms with Crippen LogP contribution in [0.4, 0.5) is 0 Å². The quantitative estimate of drug-likeness (QED) is 0.463. The molecule has 3 aromatic carbocycles. The van der Waals surface area contributed by atoms with Gasteiger partial charge in [-0.3, -0.25) is 4.79 Å². The summed E-state index contributed by atoms with van der Waals surface area (Å²) >= 11 is 0. The van der Waals surface area contributed by atoms with Crippen molar-refractivity contribution in [3.63, 3.8) is 0 Å². The van der Waals surface area contributed by atoms with Gasteiger partial charge < -0.3 is 9.47 Å². The van der Waals surface area contributed by atoms with Gasteiger partial charge in [0.25, 0.3) is 0 Å². The summed E-state index contributed by atoms with van der Waals surface area (Å²) in [6, 6.07) is 19.3. The monoisotopic (exact) mass is 332 g/mol. The van der Waals surface area contributed by atoms with Crippen molar-refractivity contribution in [2.75, 3.05) is 13.7 Å². The number of fused-ring (bicyclic) bond motifs is 1. The minimum atomic E-state index is -0.0705. The van der Waals surface area contributed by atoms with Crippen LogP contribution in [0.5, 0.6) is 11.5 Å². The van der Waals surface area contributed by atoms with E-state index in [9.17, 15) is 4.79 Å². The van der Waals surface area contributed by atoms with Gasteiger partial charge in [0.2, 0.25) is 0 Å². The summed E-state index contributed by atoms with van der Waals surface area (Å²) in [5, 5.41) is 2.20. The summed E-state index contributed by atoms with van der Waals surface area (Å²) in [5.41, 5.74) is 1.55. The van der Waals surface area contributed by atoms with Crippen LogP contribution < -0.4 is 9.47 Å². The molecule has 0 unspecified atom stereocenters. The number of benzene rings is 3. The molecule has 0 saturated carbocycles. The molecule has 0 saturated heterocycles. The molecular formula is C22H20O3. The van der Waals surface area contributed by atoms with Gasteiger partial charge in [0.1, 0.15) is 11.5 Å². The average Bonchev–Trinajstić information content (AvgIpc) is 2.66. The highest BCUT2D eigenvalue weighted by Gasteiger charge is 2.08. The zero-order valence-electron chi connectivity index (χ0n) is 14.4. The van der Waals surface area contributed by atoms with Crippen LogP contribution in [0.15, 0.2) is 66.7 Å². The third kappa shape index (κ3) is 3.89.